The zero-order valence-corrected chi connectivity index (χ0v) is 15.9. The highest BCUT2D eigenvalue weighted by Gasteiger charge is 2.46. The fraction of sp³-hybridized carbons (Fsp3) is 0.650. The van der Waals surface area contributed by atoms with Crippen molar-refractivity contribution >= 4 is 11.6 Å². The molecule has 148 valence electrons. The number of amides is 1. The van der Waals surface area contributed by atoms with Crippen LogP contribution in [0.25, 0.3) is 0 Å². The molecule has 1 amide bonds. The minimum Gasteiger partial charge on any atom is -0.490 e. The second-order valence-corrected chi connectivity index (χ2v) is 7.49. The smallest absolute Gasteiger partial charge is 0.238 e. The van der Waals surface area contributed by atoms with Crippen molar-refractivity contribution in [2.24, 2.45) is 0 Å². The van der Waals surface area contributed by atoms with Gasteiger partial charge in [-0.15, -0.1) is 0 Å². The second kappa shape index (κ2) is 8.04. The van der Waals surface area contributed by atoms with Gasteiger partial charge in [0.25, 0.3) is 0 Å². The number of likely N-dealkylation sites (tertiary alicyclic amines) is 1. The van der Waals surface area contributed by atoms with Crippen molar-refractivity contribution in [1.29, 1.82) is 0 Å². The van der Waals surface area contributed by atoms with Crippen LogP contribution in [-0.2, 0) is 14.3 Å². The molecular weight excluding hydrogens is 348 g/mol. The summed E-state index contributed by atoms with van der Waals surface area (Å²) in [6, 6.07) is 5.52. The lowest BCUT2D eigenvalue weighted by molar-refractivity contribution is -0.145. The minimum atomic E-state index is -0.157. The van der Waals surface area contributed by atoms with Gasteiger partial charge in [0.2, 0.25) is 5.91 Å². The number of benzene rings is 1. The van der Waals surface area contributed by atoms with Crippen molar-refractivity contribution < 1.29 is 23.7 Å². The number of nitrogens with one attached hydrogen (secondary N) is 1. The zero-order valence-electron chi connectivity index (χ0n) is 15.9. The fourth-order valence-corrected chi connectivity index (χ4v) is 4.25. The van der Waals surface area contributed by atoms with E-state index in [0.717, 1.165) is 50.3 Å². The van der Waals surface area contributed by atoms with Gasteiger partial charge in [-0.2, -0.15) is 0 Å². The summed E-state index contributed by atoms with van der Waals surface area (Å²) in [6.45, 7) is 3.98. The van der Waals surface area contributed by atoms with E-state index < -0.39 is 0 Å². The van der Waals surface area contributed by atoms with Gasteiger partial charge < -0.3 is 24.3 Å². The third kappa shape index (κ3) is 4.05. The van der Waals surface area contributed by atoms with E-state index in [9.17, 15) is 4.79 Å². The molecule has 0 aliphatic carbocycles. The maximum atomic E-state index is 12.5. The number of carbonyl (C=O) groups excluding carboxylic acids is 1. The molecule has 2 saturated heterocycles. The van der Waals surface area contributed by atoms with Crippen molar-refractivity contribution in [3.8, 4) is 11.5 Å². The Hall–Kier alpha value is -1.83. The Morgan fingerprint density at radius 1 is 1.22 bits per heavy atom. The summed E-state index contributed by atoms with van der Waals surface area (Å²) < 4.78 is 23.0. The lowest BCUT2D eigenvalue weighted by Crippen LogP contribution is -2.57. The third-order valence-electron chi connectivity index (χ3n) is 5.68. The molecule has 4 rings (SSSR count). The van der Waals surface area contributed by atoms with Crippen LogP contribution in [0.5, 0.6) is 11.5 Å². The summed E-state index contributed by atoms with van der Waals surface area (Å²) in [6.07, 6.45) is 3.91. The summed E-state index contributed by atoms with van der Waals surface area (Å²) in [5.41, 5.74) is 0.566. The maximum absolute atomic E-state index is 12.5. The molecule has 1 aromatic carbocycles. The normalized spacial score (nSPS) is 28.1. The minimum absolute atomic E-state index is 0.0135. The molecule has 3 heterocycles. The van der Waals surface area contributed by atoms with Crippen LogP contribution < -0.4 is 14.8 Å². The third-order valence-corrected chi connectivity index (χ3v) is 5.68. The van der Waals surface area contributed by atoms with Crippen LogP contribution in [0.1, 0.15) is 25.7 Å². The number of methoxy groups -OCH3 is 1. The second-order valence-electron chi connectivity index (χ2n) is 7.49. The van der Waals surface area contributed by atoms with E-state index in [0.29, 0.717) is 32.1 Å². The van der Waals surface area contributed by atoms with Crippen molar-refractivity contribution in [3.63, 3.8) is 0 Å². The molecule has 7 heteroatoms. The SMILES string of the molecule is CO[C@H]1CN(CC(=O)Nc2ccc3c(c2)OCCCO3)CC[C@@]12CCCO2. The summed E-state index contributed by atoms with van der Waals surface area (Å²) >= 11 is 0. The Labute approximate surface area is 159 Å². The molecule has 0 unspecified atom stereocenters. The molecule has 1 aromatic rings. The fourth-order valence-electron chi connectivity index (χ4n) is 4.25. The molecule has 2 atom stereocenters. The predicted octanol–water partition coefficient (Wildman–Crippen LogP) is 2.06. The van der Waals surface area contributed by atoms with Gasteiger partial charge in [-0.05, 0) is 31.4 Å². The summed E-state index contributed by atoms with van der Waals surface area (Å²) in [5, 5.41) is 2.97. The average molecular weight is 376 g/mol. The van der Waals surface area contributed by atoms with Crippen molar-refractivity contribution in [1.82, 2.24) is 4.90 Å². The van der Waals surface area contributed by atoms with Crippen LogP contribution in [-0.4, -0.2) is 69.1 Å². The van der Waals surface area contributed by atoms with Crippen LogP contribution in [0.15, 0.2) is 18.2 Å². The highest BCUT2D eigenvalue weighted by atomic mass is 16.6. The number of piperidine rings is 1. The van der Waals surface area contributed by atoms with Crippen LogP contribution in [0.4, 0.5) is 5.69 Å². The molecule has 0 saturated carbocycles. The molecule has 0 radical (unpaired) electrons. The summed E-state index contributed by atoms with van der Waals surface area (Å²) in [4.78, 5) is 14.7. The number of hydrogen-bond acceptors (Lipinski definition) is 6. The zero-order chi connectivity index (χ0) is 18.7. The van der Waals surface area contributed by atoms with Gasteiger partial charge in [-0.25, -0.2) is 0 Å². The number of fused-ring (bicyclic) bond motifs is 1. The molecule has 0 bridgehead atoms. The first-order chi connectivity index (χ1) is 13.2. The highest BCUT2D eigenvalue weighted by molar-refractivity contribution is 5.92. The Balaban J connectivity index is 1.34. The Bertz CT molecular complexity index is 674. The molecule has 2 fully saturated rings. The Morgan fingerprint density at radius 3 is 2.85 bits per heavy atom. The molecule has 3 aliphatic heterocycles. The first-order valence-electron chi connectivity index (χ1n) is 9.77. The Morgan fingerprint density at radius 2 is 2.07 bits per heavy atom. The molecule has 1 N–H and O–H groups in total. The average Bonchev–Trinajstić information content (AvgIpc) is 3.01. The maximum Gasteiger partial charge on any atom is 0.238 e. The van der Waals surface area contributed by atoms with Crippen LogP contribution in [0.2, 0.25) is 0 Å². The van der Waals surface area contributed by atoms with Gasteiger partial charge >= 0.3 is 0 Å². The van der Waals surface area contributed by atoms with E-state index in [1.165, 1.54) is 0 Å². The van der Waals surface area contributed by atoms with Crippen LogP contribution in [0.3, 0.4) is 0 Å². The molecule has 0 aromatic heterocycles. The predicted molar refractivity (Wildman–Crippen MR) is 100 cm³/mol. The van der Waals surface area contributed by atoms with Gasteiger partial charge in [-0.3, -0.25) is 9.69 Å². The van der Waals surface area contributed by atoms with E-state index >= 15 is 0 Å². The topological polar surface area (TPSA) is 69.3 Å². The first-order valence-corrected chi connectivity index (χ1v) is 9.77. The van der Waals surface area contributed by atoms with Gasteiger partial charge in [0.15, 0.2) is 11.5 Å². The van der Waals surface area contributed by atoms with E-state index in [1.807, 2.05) is 18.2 Å². The van der Waals surface area contributed by atoms with Crippen molar-refractivity contribution in [3.05, 3.63) is 18.2 Å². The van der Waals surface area contributed by atoms with Crippen LogP contribution in [0, 0.1) is 0 Å². The van der Waals surface area contributed by atoms with E-state index in [4.69, 9.17) is 18.9 Å². The monoisotopic (exact) mass is 376 g/mol. The number of carbonyl (C=O) groups is 1. The van der Waals surface area contributed by atoms with Crippen molar-refractivity contribution in [2.45, 2.75) is 37.4 Å². The summed E-state index contributed by atoms with van der Waals surface area (Å²) in [7, 11) is 1.73. The molecule has 27 heavy (non-hydrogen) atoms. The van der Waals surface area contributed by atoms with Gasteiger partial charge in [0, 0.05) is 45.0 Å². The number of anilines is 1. The molecule has 7 nitrogen and oxygen atoms in total. The van der Waals surface area contributed by atoms with E-state index in [2.05, 4.69) is 10.2 Å². The van der Waals surface area contributed by atoms with E-state index in [-0.39, 0.29) is 17.6 Å². The standard InChI is InChI=1S/C20H28N2O5/c1-24-18-13-22(8-7-20(18)6-2-11-27-20)14-19(23)21-15-4-5-16-17(12-15)26-10-3-9-25-16/h4-5,12,18H,2-3,6-11,13-14H2,1H3,(H,21,23)/t18-,20-/m0/s1. The van der Waals surface area contributed by atoms with Crippen LogP contribution >= 0.6 is 0 Å². The quantitative estimate of drug-likeness (QED) is 0.868. The van der Waals surface area contributed by atoms with E-state index in [1.54, 1.807) is 7.11 Å². The molecular formula is C20H28N2O5. The van der Waals surface area contributed by atoms with Crippen molar-refractivity contribution in [2.75, 3.05) is 51.9 Å². The highest BCUT2D eigenvalue weighted by Crippen LogP contribution is 2.37. The first kappa shape index (κ1) is 18.5. The lowest BCUT2D eigenvalue weighted by atomic mass is 9.86. The Kier molecular flexibility index (Phi) is 5.52. The molecule has 3 aliphatic rings. The largest absolute Gasteiger partial charge is 0.490 e. The number of ether oxygens (including phenoxy) is 4. The van der Waals surface area contributed by atoms with Gasteiger partial charge in [0.1, 0.15) is 0 Å². The van der Waals surface area contributed by atoms with Gasteiger partial charge in [0.05, 0.1) is 31.5 Å². The number of hydrogen-bond donors (Lipinski definition) is 1. The number of rotatable bonds is 4. The lowest BCUT2D eigenvalue weighted by Gasteiger charge is -2.44. The van der Waals surface area contributed by atoms with Gasteiger partial charge in [-0.1, -0.05) is 0 Å². The molecule has 1 spiro atoms. The number of nitrogens with zero attached hydrogens (tertiary/aromatic N) is 1. The summed E-state index contributed by atoms with van der Waals surface area (Å²) in [5.74, 6) is 1.37.